The maximum absolute atomic E-state index is 14.6. The average Bonchev–Trinajstić information content (AvgIpc) is 3.11. The van der Waals surface area contributed by atoms with Gasteiger partial charge < -0.3 is 15.7 Å². The molecular formula is C20H15ClF2N4O2. The van der Waals surface area contributed by atoms with Crippen molar-refractivity contribution >= 4 is 29.1 Å². The Hall–Kier alpha value is -3.26. The van der Waals surface area contributed by atoms with Crippen LogP contribution in [-0.2, 0) is 6.42 Å². The molecule has 3 N–H and O–H groups in total. The quantitative estimate of drug-likeness (QED) is 0.584. The van der Waals surface area contributed by atoms with E-state index >= 15 is 0 Å². The third-order valence-electron chi connectivity index (χ3n) is 4.70. The zero-order valence-corrected chi connectivity index (χ0v) is 15.7. The lowest BCUT2D eigenvalue weighted by atomic mass is 10.0. The maximum Gasteiger partial charge on any atom is 0.255 e. The SMILES string of the molecule is O=C(Nc1ccc(F)c(Cl)c1)c1ccc(F)c2c1CC[C@@H]2Nc1ncc(O)cn1. The van der Waals surface area contributed by atoms with Crippen molar-refractivity contribution in [1.29, 1.82) is 0 Å². The van der Waals surface area contributed by atoms with Gasteiger partial charge in [0.05, 0.1) is 23.5 Å². The summed E-state index contributed by atoms with van der Waals surface area (Å²) >= 11 is 5.75. The van der Waals surface area contributed by atoms with Gasteiger partial charge in [0.2, 0.25) is 5.95 Å². The second-order valence-electron chi connectivity index (χ2n) is 6.57. The van der Waals surface area contributed by atoms with Gasteiger partial charge in [-0.15, -0.1) is 0 Å². The summed E-state index contributed by atoms with van der Waals surface area (Å²) in [5, 5.41) is 14.9. The minimum Gasteiger partial charge on any atom is -0.505 e. The van der Waals surface area contributed by atoms with Gasteiger partial charge in [-0.3, -0.25) is 4.79 Å². The van der Waals surface area contributed by atoms with E-state index in [1.54, 1.807) is 0 Å². The zero-order valence-electron chi connectivity index (χ0n) is 14.9. The van der Waals surface area contributed by atoms with Crippen molar-refractivity contribution in [3.8, 4) is 5.75 Å². The number of hydrogen-bond donors (Lipinski definition) is 3. The Bertz CT molecular complexity index is 1090. The number of amides is 1. The fraction of sp³-hybridized carbons (Fsp3) is 0.150. The average molecular weight is 417 g/mol. The lowest BCUT2D eigenvalue weighted by Gasteiger charge is -2.16. The van der Waals surface area contributed by atoms with Gasteiger partial charge in [-0.2, -0.15) is 0 Å². The first kappa shape index (κ1) is 19.1. The molecule has 0 radical (unpaired) electrons. The number of fused-ring (bicyclic) bond motifs is 1. The number of halogens is 3. The molecule has 0 aliphatic heterocycles. The summed E-state index contributed by atoms with van der Waals surface area (Å²) in [5.41, 5.74) is 1.64. The zero-order chi connectivity index (χ0) is 20.5. The van der Waals surface area contributed by atoms with Gasteiger partial charge in [-0.25, -0.2) is 18.7 Å². The standard InChI is InChI=1S/C20H15ClF2N4O2/c21-14-7-10(1-4-15(14)22)26-19(29)13-2-5-16(23)18-12(13)3-6-17(18)27-20-24-8-11(28)9-25-20/h1-2,4-5,7-9,17,28H,3,6H2,(H,26,29)(H,24,25,27)/t17-/m0/s1. The van der Waals surface area contributed by atoms with Crippen molar-refractivity contribution in [2.24, 2.45) is 0 Å². The van der Waals surface area contributed by atoms with Crippen LogP contribution in [0.25, 0.3) is 0 Å². The number of aromatic nitrogens is 2. The van der Waals surface area contributed by atoms with Crippen molar-refractivity contribution in [2.45, 2.75) is 18.9 Å². The molecule has 0 spiro atoms. The van der Waals surface area contributed by atoms with E-state index < -0.39 is 23.6 Å². The van der Waals surface area contributed by atoms with Crippen LogP contribution in [0.1, 0.15) is 33.9 Å². The Kier molecular flexibility index (Phi) is 5.02. The molecule has 1 atom stereocenters. The molecule has 1 aliphatic carbocycles. The molecule has 9 heteroatoms. The van der Waals surface area contributed by atoms with Crippen LogP contribution in [-0.4, -0.2) is 21.0 Å². The highest BCUT2D eigenvalue weighted by Crippen LogP contribution is 2.37. The Morgan fingerprint density at radius 1 is 1.14 bits per heavy atom. The van der Waals surface area contributed by atoms with E-state index in [1.807, 2.05) is 0 Å². The van der Waals surface area contributed by atoms with E-state index in [0.717, 1.165) is 6.07 Å². The minimum absolute atomic E-state index is 0.0755. The lowest BCUT2D eigenvalue weighted by Crippen LogP contribution is -2.16. The topological polar surface area (TPSA) is 87.1 Å². The van der Waals surface area contributed by atoms with Crippen LogP contribution in [0, 0.1) is 11.6 Å². The molecule has 148 valence electrons. The number of hydrogen-bond acceptors (Lipinski definition) is 5. The molecule has 0 fully saturated rings. The Balaban J connectivity index is 1.60. The second-order valence-corrected chi connectivity index (χ2v) is 6.98. The smallest absolute Gasteiger partial charge is 0.255 e. The molecule has 2 aromatic carbocycles. The van der Waals surface area contributed by atoms with Gasteiger partial charge in [0.1, 0.15) is 11.6 Å². The predicted octanol–water partition coefficient (Wildman–Crippen LogP) is 4.47. The summed E-state index contributed by atoms with van der Waals surface area (Å²) in [4.78, 5) is 20.7. The van der Waals surface area contributed by atoms with Crippen LogP contribution in [0.3, 0.4) is 0 Å². The van der Waals surface area contributed by atoms with Crippen molar-refractivity contribution in [1.82, 2.24) is 9.97 Å². The summed E-state index contributed by atoms with van der Waals surface area (Å²) in [6, 6.07) is 6.12. The van der Waals surface area contributed by atoms with E-state index in [1.165, 1.54) is 36.7 Å². The van der Waals surface area contributed by atoms with Crippen molar-refractivity contribution in [2.75, 3.05) is 10.6 Å². The van der Waals surface area contributed by atoms with E-state index in [2.05, 4.69) is 20.6 Å². The van der Waals surface area contributed by atoms with Crippen LogP contribution in [0.15, 0.2) is 42.7 Å². The maximum atomic E-state index is 14.6. The molecule has 1 amide bonds. The van der Waals surface area contributed by atoms with Gasteiger partial charge in [0.15, 0.2) is 5.75 Å². The lowest BCUT2D eigenvalue weighted by molar-refractivity contribution is 0.102. The largest absolute Gasteiger partial charge is 0.505 e. The fourth-order valence-electron chi connectivity index (χ4n) is 3.40. The summed E-state index contributed by atoms with van der Waals surface area (Å²) < 4.78 is 27.9. The number of aromatic hydroxyl groups is 1. The number of nitrogens with zero attached hydrogens (tertiary/aromatic N) is 2. The van der Waals surface area contributed by atoms with Gasteiger partial charge in [-0.05, 0) is 48.7 Å². The van der Waals surface area contributed by atoms with E-state index in [-0.39, 0.29) is 16.7 Å². The Labute approximate surface area is 169 Å². The van der Waals surface area contributed by atoms with Crippen LogP contribution < -0.4 is 10.6 Å². The second kappa shape index (κ2) is 7.63. The Morgan fingerprint density at radius 2 is 1.86 bits per heavy atom. The molecular weight excluding hydrogens is 402 g/mol. The van der Waals surface area contributed by atoms with Crippen molar-refractivity contribution < 1.29 is 18.7 Å². The molecule has 6 nitrogen and oxygen atoms in total. The highest BCUT2D eigenvalue weighted by molar-refractivity contribution is 6.31. The fourth-order valence-corrected chi connectivity index (χ4v) is 3.58. The molecule has 1 heterocycles. The molecule has 0 saturated heterocycles. The first-order valence-corrected chi connectivity index (χ1v) is 9.15. The molecule has 1 aromatic heterocycles. The first-order valence-electron chi connectivity index (χ1n) is 8.77. The van der Waals surface area contributed by atoms with Crippen LogP contribution >= 0.6 is 11.6 Å². The molecule has 29 heavy (non-hydrogen) atoms. The monoisotopic (exact) mass is 416 g/mol. The first-order chi connectivity index (χ1) is 13.9. The van der Waals surface area contributed by atoms with Crippen LogP contribution in [0.5, 0.6) is 5.75 Å². The number of rotatable bonds is 4. The highest BCUT2D eigenvalue weighted by Gasteiger charge is 2.30. The molecule has 0 bridgehead atoms. The molecule has 4 rings (SSSR count). The third-order valence-corrected chi connectivity index (χ3v) is 4.99. The summed E-state index contributed by atoms with van der Waals surface area (Å²) in [5.74, 6) is -1.29. The van der Waals surface area contributed by atoms with E-state index in [9.17, 15) is 18.7 Å². The number of carbonyl (C=O) groups excluding carboxylic acids is 1. The summed E-state index contributed by atoms with van der Waals surface area (Å²) in [7, 11) is 0. The summed E-state index contributed by atoms with van der Waals surface area (Å²) in [6.07, 6.45) is 3.50. The van der Waals surface area contributed by atoms with Gasteiger partial charge in [0, 0.05) is 16.8 Å². The minimum atomic E-state index is -0.585. The normalized spacial score (nSPS) is 15.1. The molecule has 3 aromatic rings. The third kappa shape index (κ3) is 3.84. The molecule has 1 aliphatic rings. The highest BCUT2D eigenvalue weighted by atomic mass is 35.5. The van der Waals surface area contributed by atoms with Crippen LogP contribution in [0.4, 0.5) is 20.4 Å². The number of benzene rings is 2. The van der Waals surface area contributed by atoms with Crippen molar-refractivity contribution in [3.63, 3.8) is 0 Å². The number of nitrogens with one attached hydrogen (secondary N) is 2. The van der Waals surface area contributed by atoms with Crippen molar-refractivity contribution in [3.05, 3.63) is 76.1 Å². The van der Waals surface area contributed by atoms with Gasteiger partial charge in [0.25, 0.3) is 5.91 Å². The molecule has 0 saturated carbocycles. The number of anilines is 2. The van der Waals surface area contributed by atoms with Crippen LogP contribution in [0.2, 0.25) is 5.02 Å². The number of carbonyl (C=O) groups is 1. The van der Waals surface area contributed by atoms with E-state index in [4.69, 9.17) is 11.6 Å². The predicted molar refractivity (Wildman–Crippen MR) is 104 cm³/mol. The van der Waals surface area contributed by atoms with E-state index in [0.29, 0.717) is 35.2 Å². The van der Waals surface area contributed by atoms with Gasteiger partial charge in [-0.1, -0.05) is 11.6 Å². The van der Waals surface area contributed by atoms with Gasteiger partial charge >= 0.3 is 0 Å². The molecule has 0 unspecified atom stereocenters. The Morgan fingerprint density at radius 3 is 2.59 bits per heavy atom. The summed E-state index contributed by atoms with van der Waals surface area (Å²) in [6.45, 7) is 0.